The monoisotopic (exact) mass is 395 g/mol. The zero-order valence-corrected chi connectivity index (χ0v) is 18.6. The van der Waals surface area contributed by atoms with E-state index in [0.717, 1.165) is 33.6 Å². The first-order valence-corrected chi connectivity index (χ1v) is 10.6. The lowest BCUT2D eigenvalue weighted by molar-refractivity contribution is -0.113. The van der Waals surface area contributed by atoms with Gasteiger partial charge in [-0.2, -0.15) is 5.26 Å². The van der Waals surface area contributed by atoms with Crippen molar-refractivity contribution in [1.29, 1.82) is 5.26 Å². The lowest BCUT2D eigenvalue weighted by Crippen LogP contribution is -2.18. The van der Waals surface area contributed by atoms with E-state index in [1.807, 2.05) is 20.8 Å². The van der Waals surface area contributed by atoms with E-state index < -0.39 is 0 Å². The molecule has 0 fully saturated rings. The molecule has 5 heteroatoms. The molecule has 1 N–H and O–H groups in total. The fraction of sp³-hybridized carbons (Fsp3) is 0.435. The van der Waals surface area contributed by atoms with Gasteiger partial charge in [0.15, 0.2) is 0 Å². The van der Waals surface area contributed by atoms with Crippen LogP contribution in [0.2, 0.25) is 0 Å². The Kier molecular flexibility index (Phi) is 7.26. The van der Waals surface area contributed by atoms with E-state index >= 15 is 0 Å². The number of carbonyl (C=O) groups excluding carboxylic acids is 1. The number of nitriles is 1. The third-order valence-corrected chi connectivity index (χ3v) is 6.03. The highest BCUT2D eigenvalue weighted by molar-refractivity contribution is 8.00. The fourth-order valence-electron chi connectivity index (χ4n) is 3.15. The van der Waals surface area contributed by atoms with Crippen LogP contribution in [-0.2, 0) is 4.79 Å². The van der Waals surface area contributed by atoms with Crippen molar-refractivity contribution in [2.45, 2.75) is 65.3 Å². The summed E-state index contributed by atoms with van der Waals surface area (Å²) in [6.45, 7) is 14.4. The Morgan fingerprint density at radius 3 is 2.18 bits per heavy atom. The summed E-state index contributed by atoms with van der Waals surface area (Å²) in [5, 5.41) is 13.3. The number of rotatable bonds is 6. The van der Waals surface area contributed by atoms with Crippen LogP contribution in [0.5, 0.6) is 0 Å². The summed E-state index contributed by atoms with van der Waals surface area (Å²) in [6.07, 6.45) is 0. The minimum absolute atomic E-state index is 0.0819. The maximum atomic E-state index is 12.7. The summed E-state index contributed by atoms with van der Waals surface area (Å²) in [5.41, 5.74) is 6.62. The summed E-state index contributed by atoms with van der Waals surface area (Å²) in [4.78, 5) is 17.3. The number of aryl methyl sites for hydroxylation is 1. The number of carbonyl (C=O) groups is 1. The maximum Gasteiger partial charge on any atom is 0.234 e. The summed E-state index contributed by atoms with van der Waals surface area (Å²) in [7, 11) is 0. The lowest BCUT2D eigenvalue weighted by atomic mass is 9.92. The number of pyridine rings is 1. The molecule has 0 spiro atoms. The van der Waals surface area contributed by atoms with Crippen LogP contribution in [0, 0.1) is 32.1 Å². The minimum Gasteiger partial charge on any atom is -0.325 e. The summed E-state index contributed by atoms with van der Waals surface area (Å²) < 4.78 is 0. The van der Waals surface area contributed by atoms with E-state index in [2.05, 4.69) is 62.3 Å². The topological polar surface area (TPSA) is 65.8 Å². The lowest BCUT2D eigenvalue weighted by Gasteiger charge is -2.20. The molecule has 0 bridgehead atoms. The fourth-order valence-corrected chi connectivity index (χ4v) is 4.04. The zero-order chi connectivity index (χ0) is 21.0. The number of nitrogens with zero attached hydrogens (tertiary/aromatic N) is 2. The molecule has 0 unspecified atom stereocenters. The quantitative estimate of drug-likeness (QED) is 0.623. The van der Waals surface area contributed by atoms with Crippen molar-refractivity contribution < 1.29 is 4.79 Å². The number of aromatic nitrogens is 1. The van der Waals surface area contributed by atoms with Crippen molar-refractivity contribution in [2.75, 3.05) is 11.1 Å². The van der Waals surface area contributed by atoms with Crippen LogP contribution in [-0.4, -0.2) is 16.6 Å². The molecule has 2 aromatic rings. The van der Waals surface area contributed by atoms with Crippen molar-refractivity contribution in [3.63, 3.8) is 0 Å². The van der Waals surface area contributed by atoms with E-state index in [-0.39, 0.29) is 11.7 Å². The van der Waals surface area contributed by atoms with E-state index in [1.165, 1.54) is 11.8 Å². The molecule has 1 aromatic carbocycles. The number of amides is 1. The zero-order valence-electron chi connectivity index (χ0n) is 17.8. The predicted octanol–water partition coefficient (Wildman–Crippen LogP) is 5.86. The minimum atomic E-state index is -0.0819. The molecule has 0 saturated heterocycles. The number of hydrogen-bond acceptors (Lipinski definition) is 4. The van der Waals surface area contributed by atoms with Gasteiger partial charge in [0.1, 0.15) is 11.1 Å². The molecule has 0 radical (unpaired) electrons. The highest BCUT2D eigenvalue weighted by atomic mass is 32.2. The molecule has 0 aliphatic carbocycles. The van der Waals surface area contributed by atoms with Crippen LogP contribution in [0.3, 0.4) is 0 Å². The molecule has 0 saturated carbocycles. The molecule has 2 rings (SSSR count). The van der Waals surface area contributed by atoms with Crippen molar-refractivity contribution >= 4 is 23.4 Å². The molecule has 4 nitrogen and oxygen atoms in total. The first-order valence-electron chi connectivity index (χ1n) is 9.60. The Morgan fingerprint density at radius 1 is 1.11 bits per heavy atom. The second kappa shape index (κ2) is 9.25. The van der Waals surface area contributed by atoms with Gasteiger partial charge in [-0.3, -0.25) is 4.79 Å². The van der Waals surface area contributed by atoms with Gasteiger partial charge >= 0.3 is 0 Å². The molecule has 1 heterocycles. The van der Waals surface area contributed by atoms with Crippen LogP contribution in [0.25, 0.3) is 0 Å². The Balaban J connectivity index is 2.25. The Hall–Kier alpha value is -2.32. The van der Waals surface area contributed by atoms with Crippen molar-refractivity contribution in [1.82, 2.24) is 4.98 Å². The van der Waals surface area contributed by atoms with Crippen LogP contribution in [0.15, 0.2) is 23.2 Å². The van der Waals surface area contributed by atoms with Gasteiger partial charge in [0.05, 0.1) is 11.3 Å². The molecular formula is C23H29N3OS. The number of para-hydroxylation sites is 1. The Bertz CT molecular complexity index is 900. The molecular weight excluding hydrogens is 366 g/mol. The Morgan fingerprint density at radius 2 is 1.68 bits per heavy atom. The van der Waals surface area contributed by atoms with Gasteiger partial charge in [0.2, 0.25) is 5.91 Å². The van der Waals surface area contributed by atoms with Crippen LogP contribution < -0.4 is 5.32 Å². The van der Waals surface area contributed by atoms with E-state index in [0.29, 0.717) is 22.4 Å². The van der Waals surface area contributed by atoms with E-state index in [4.69, 9.17) is 0 Å². The Labute approximate surface area is 172 Å². The number of hydrogen-bond donors (Lipinski definition) is 1. The molecule has 0 aliphatic heterocycles. The van der Waals surface area contributed by atoms with Gasteiger partial charge < -0.3 is 5.32 Å². The van der Waals surface area contributed by atoms with Gasteiger partial charge in [0.25, 0.3) is 0 Å². The smallest absolute Gasteiger partial charge is 0.234 e. The number of thioether (sulfide) groups is 1. The average molecular weight is 396 g/mol. The predicted molar refractivity (Wildman–Crippen MR) is 117 cm³/mol. The molecule has 1 aromatic heterocycles. The third-order valence-electron chi connectivity index (χ3n) is 5.05. The van der Waals surface area contributed by atoms with E-state index in [1.54, 1.807) is 0 Å². The highest BCUT2D eigenvalue weighted by Crippen LogP contribution is 2.33. The molecule has 1 amide bonds. The van der Waals surface area contributed by atoms with Crippen LogP contribution in [0.1, 0.15) is 73.0 Å². The highest BCUT2D eigenvalue weighted by Gasteiger charge is 2.18. The summed E-state index contributed by atoms with van der Waals surface area (Å²) in [5.74, 6) is 0.765. The molecule has 28 heavy (non-hydrogen) atoms. The van der Waals surface area contributed by atoms with Gasteiger partial charge in [-0.15, -0.1) is 0 Å². The van der Waals surface area contributed by atoms with E-state index in [9.17, 15) is 10.1 Å². The first-order chi connectivity index (χ1) is 13.2. The van der Waals surface area contributed by atoms with Crippen molar-refractivity contribution in [3.8, 4) is 6.07 Å². The molecule has 148 valence electrons. The van der Waals surface area contributed by atoms with Crippen LogP contribution >= 0.6 is 11.8 Å². The normalized spacial score (nSPS) is 11.0. The number of nitrogens with one attached hydrogen (secondary N) is 1. The van der Waals surface area contributed by atoms with Gasteiger partial charge in [0, 0.05) is 11.4 Å². The molecule has 0 atom stereocenters. The summed E-state index contributed by atoms with van der Waals surface area (Å²) in [6, 6.07) is 8.43. The molecule has 0 aliphatic rings. The van der Waals surface area contributed by atoms with Gasteiger partial charge in [-0.25, -0.2) is 4.98 Å². The maximum absolute atomic E-state index is 12.7. The first kappa shape index (κ1) is 22.0. The average Bonchev–Trinajstić information content (AvgIpc) is 2.64. The standard InChI is InChI=1S/C23H29N3OS/c1-13(2)18-9-8-10-19(14(3)4)22(18)26-21(27)12-28-23-20(11-24)16(6)15(5)17(7)25-23/h8-10,13-14H,12H2,1-7H3,(H,26,27). The third kappa shape index (κ3) is 4.74. The van der Waals surface area contributed by atoms with Gasteiger partial charge in [-0.05, 0) is 54.9 Å². The van der Waals surface area contributed by atoms with Crippen molar-refractivity contribution in [2.24, 2.45) is 0 Å². The number of anilines is 1. The van der Waals surface area contributed by atoms with Crippen molar-refractivity contribution in [3.05, 3.63) is 51.7 Å². The summed E-state index contributed by atoms with van der Waals surface area (Å²) >= 11 is 1.32. The number of benzene rings is 1. The largest absolute Gasteiger partial charge is 0.325 e. The van der Waals surface area contributed by atoms with Crippen LogP contribution in [0.4, 0.5) is 5.69 Å². The SMILES string of the molecule is Cc1nc(SCC(=O)Nc2c(C(C)C)cccc2C(C)C)c(C#N)c(C)c1C. The van der Waals surface area contributed by atoms with Gasteiger partial charge in [-0.1, -0.05) is 57.7 Å². The second-order valence-electron chi connectivity index (χ2n) is 7.70. The second-order valence-corrected chi connectivity index (χ2v) is 8.66.